The molecular formula is C26H24ClNO6. The van der Waals surface area contributed by atoms with Gasteiger partial charge < -0.3 is 23.9 Å². The highest BCUT2D eigenvalue weighted by Crippen LogP contribution is 2.42. The summed E-state index contributed by atoms with van der Waals surface area (Å²) in [7, 11) is 0. The molecule has 34 heavy (non-hydrogen) atoms. The molecule has 2 heterocycles. The molecule has 1 aromatic heterocycles. The van der Waals surface area contributed by atoms with Gasteiger partial charge in [0.05, 0.1) is 42.7 Å². The van der Waals surface area contributed by atoms with Gasteiger partial charge in [-0.1, -0.05) is 23.7 Å². The molecule has 7 nitrogen and oxygen atoms in total. The SMILES string of the molecule is CCOc1cccc(C2/C(=C(/O)c3ccc(Cl)c(OCC)c3)C(=O)C(=O)N2Cc2ccco2)c1. The normalized spacial score (nSPS) is 17.3. The molecule has 0 bridgehead atoms. The fourth-order valence-electron chi connectivity index (χ4n) is 3.97. The van der Waals surface area contributed by atoms with Crippen LogP contribution in [0.5, 0.6) is 11.5 Å². The zero-order valence-electron chi connectivity index (χ0n) is 18.8. The molecule has 1 aliphatic rings. The fraction of sp³-hybridized carbons (Fsp3) is 0.231. The summed E-state index contributed by atoms with van der Waals surface area (Å²) in [6.45, 7) is 4.58. The van der Waals surface area contributed by atoms with Crippen LogP contribution in [-0.2, 0) is 16.1 Å². The molecule has 0 spiro atoms. The summed E-state index contributed by atoms with van der Waals surface area (Å²) in [5.74, 6) is -0.364. The Hall–Kier alpha value is -3.71. The molecule has 1 saturated heterocycles. The van der Waals surface area contributed by atoms with Crippen LogP contribution in [0.4, 0.5) is 0 Å². The maximum atomic E-state index is 13.2. The average Bonchev–Trinajstić information content (AvgIpc) is 3.43. The fourth-order valence-corrected chi connectivity index (χ4v) is 4.15. The molecule has 0 saturated carbocycles. The van der Waals surface area contributed by atoms with Gasteiger partial charge >= 0.3 is 0 Å². The number of nitrogens with zero attached hydrogens (tertiary/aromatic N) is 1. The van der Waals surface area contributed by atoms with Crippen LogP contribution in [0, 0.1) is 0 Å². The second-order valence-electron chi connectivity index (χ2n) is 7.59. The largest absolute Gasteiger partial charge is 0.507 e. The minimum absolute atomic E-state index is 0.0324. The number of likely N-dealkylation sites (tertiary alicyclic amines) is 1. The van der Waals surface area contributed by atoms with E-state index >= 15 is 0 Å². The number of aliphatic hydroxyl groups is 1. The minimum atomic E-state index is -0.850. The van der Waals surface area contributed by atoms with Gasteiger partial charge in [-0.15, -0.1) is 0 Å². The van der Waals surface area contributed by atoms with Gasteiger partial charge in [0, 0.05) is 5.56 Å². The highest BCUT2D eigenvalue weighted by Gasteiger charge is 2.46. The predicted octanol–water partition coefficient (Wildman–Crippen LogP) is 5.35. The lowest BCUT2D eigenvalue weighted by Gasteiger charge is -2.25. The van der Waals surface area contributed by atoms with E-state index in [2.05, 4.69) is 0 Å². The Morgan fingerprint density at radius 1 is 1.06 bits per heavy atom. The van der Waals surface area contributed by atoms with Gasteiger partial charge in [-0.25, -0.2) is 0 Å². The molecule has 176 valence electrons. The highest BCUT2D eigenvalue weighted by atomic mass is 35.5. The van der Waals surface area contributed by atoms with Crippen LogP contribution in [-0.4, -0.2) is 34.9 Å². The Balaban J connectivity index is 1.86. The summed E-state index contributed by atoms with van der Waals surface area (Å²) in [5.41, 5.74) is 0.905. The van der Waals surface area contributed by atoms with Crippen molar-refractivity contribution in [2.45, 2.75) is 26.4 Å². The predicted molar refractivity (Wildman–Crippen MR) is 127 cm³/mol. The summed E-state index contributed by atoms with van der Waals surface area (Å²) < 4.78 is 16.6. The Morgan fingerprint density at radius 2 is 1.85 bits per heavy atom. The first kappa shape index (κ1) is 23.4. The van der Waals surface area contributed by atoms with Crippen LogP contribution in [0.2, 0.25) is 5.02 Å². The number of ketones is 1. The number of aliphatic hydroxyl groups excluding tert-OH is 1. The van der Waals surface area contributed by atoms with E-state index in [1.165, 1.54) is 11.2 Å². The van der Waals surface area contributed by atoms with Crippen molar-refractivity contribution in [3.8, 4) is 11.5 Å². The molecule has 0 radical (unpaired) electrons. The highest BCUT2D eigenvalue weighted by molar-refractivity contribution is 6.46. The topological polar surface area (TPSA) is 89.2 Å². The van der Waals surface area contributed by atoms with E-state index < -0.39 is 17.7 Å². The lowest BCUT2D eigenvalue weighted by atomic mass is 9.95. The van der Waals surface area contributed by atoms with Crippen molar-refractivity contribution in [2.75, 3.05) is 13.2 Å². The van der Waals surface area contributed by atoms with Crippen LogP contribution in [0.1, 0.15) is 36.8 Å². The van der Waals surface area contributed by atoms with Crippen molar-refractivity contribution in [3.63, 3.8) is 0 Å². The van der Waals surface area contributed by atoms with Crippen molar-refractivity contribution in [2.24, 2.45) is 0 Å². The van der Waals surface area contributed by atoms with Crippen molar-refractivity contribution in [1.29, 1.82) is 0 Å². The number of rotatable bonds is 8. The molecule has 8 heteroatoms. The van der Waals surface area contributed by atoms with Gasteiger partial charge in [0.2, 0.25) is 0 Å². The van der Waals surface area contributed by atoms with Crippen molar-refractivity contribution >= 4 is 29.1 Å². The third kappa shape index (κ3) is 4.52. The van der Waals surface area contributed by atoms with Crippen LogP contribution >= 0.6 is 11.6 Å². The number of furan rings is 1. The van der Waals surface area contributed by atoms with Crippen LogP contribution in [0.3, 0.4) is 0 Å². The van der Waals surface area contributed by atoms with E-state index in [0.717, 1.165) is 0 Å². The average molecular weight is 482 g/mol. The Morgan fingerprint density at radius 3 is 2.56 bits per heavy atom. The summed E-state index contributed by atoms with van der Waals surface area (Å²) in [5, 5.41) is 11.6. The molecule has 1 unspecified atom stereocenters. The van der Waals surface area contributed by atoms with Gasteiger partial charge in [0.25, 0.3) is 11.7 Å². The molecule has 1 aliphatic heterocycles. The molecule has 1 amide bonds. The summed E-state index contributed by atoms with van der Waals surface area (Å²) in [6, 6.07) is 14.4. The van der Waals surface area contributed by atoms with Gasteiger partial charge in [0.1, 0.15) is 23.0 Å². The summed E-state index contributed by atoms with van der Waals surface area (Å²) >= 11 is 6.19. The third-order valence-corrected chi connectivity index (χ3v) is 5.75. The lowest BCUT2D eigenvalue weighted by Crippen LogP contribution is -2.29. The van der Waals surface area contributed by atoms with Crippen molar-refractivity contribution in [1.82, 2.24) is 4.90 Å². The molecule has 4 rings (SSSR count). The van der Waals surface area contributed by atoms with E-state index in [1.54, 1.807) is 54.6 Å². The number of carbonyl (C=O) groups is 2. The quantitative estimate of drug-likeness (QED) is 0.265. The number of carbonyl (C=O) groups excluding carboxylic acids is 2. The Bertz CT molecular complexity index is 1230. The Kier molecular flexibility index (Phi) is 6.93. The molecule has 2 aromatic carbocycles. The van der Waals surface area contributed by atoms with Crippen LogP contribution in [0.15, 0.2) is 70.9 Å². The summed E-state index contributed by atoms with van der Waals surface area (Å²) in [6.07, 6.45) is 1.50. The number of halogens is 1. The molecule has 1 atom stereocenters. The standard InChI is InChI=1S/C26H24ClNO6/c1-3-32-18-8-5-7-16(13-18)23-22(24(29)17-10-11-20(27)21(14-17)33-4-2)25(30)26(31)28(23)15-19-9-6-12-34-19/h5-14,23,29H,3-4,15H2,1-2H3/b24-22-. The van der Waals surface area contributed by atoms with E-state index in [-0.39, 0.29) is 17.9 Å². The number of Topliss-reactive ketones (excluding diaryl/α,β-unsaturated/α-hetero) is 1. The van der Waals surface area contributed by atoms with Gasteiger partial charge in [-0.2, -0.15) is 0 Å². The molecular weight excluding hydrogens is 458 g/mol. The van der Waals surface area contributed by atoms with E-state index in [1.807, 2.05) is 13.8 Å². The number of hydrogen-bond donors (Lipinski definition) is 1. The zero-order valence-corrected chi connectivity index (χ0v) is 19.5. The van der Waals surface area contributed by atoms with Gasteiger partial charge in [-0.05, 0) is 61.9 Å². The second-order valence-corrected chi connectivity index (χ2v) is 8.00. The number of ether oxygens (including phenoxy) is 2. The number of benzene rings is 2. The number of hydrogen-bond acceptors (Lipinski definition) is 6. The first-order valence-corrected chi connectivity index (χ1v) is 11.3. The number of amides is 1. The third-order valence-electron chi connectivity index (χ3n) is 5.44. The maximum absolute atomic E-state index is 13.2. The van der Waals surface area contributed by atoms with Gasteiger partial charge in [-0.3, -0.25) is 9.59 Å². The van der Waals surface area contributed by atoms with E-state index in [0.29, 0.717) is 46.6 Å². The monoisotopic (exact) mass is 481 g/mol. The smallest absolute Gasteiger partial charge is 0.296 e. The Labute approximate surface area is 202 Å². The molecule has 1 fully saturated rings. The minimum Gasteiger partial charge on any atom is -0.507 e. The zero-order chi connectivity index (χ0) is 24.2. The van der Waals surface area contributed by atoms with Crippen molar-refractivity contribution in [3.05, 3.63) is 88.3 Å². The molecule has 0 aliphatic carbocycles. The summed E-state index contributed by atoms with van der Waals surface area (Å²) in [4.78, 5) is 27.7. The first-order chi connectivity index (χ1) is 16.4. The second kappa shape index (κ2) is 10.1. The maximum Gasteiger partial charge on any atom is 0.296 e. The lowest BCUT2D eigenvalue weighted by molar-refractivity contribution is -0.140. The van der Waals surface area contributed by atoms with E-state index in [4.69, 9.17) is 25.5 Å². The molecule has 1 N–H and O–H groups in total. The van der Waals surface area contributed by atoms with Crippen LogP contribution < -0.4 is 9.47 Å². The van der Waals surface area contributed by atoms with Crippen LogP contribution in [0.25, 0.3) is 5.76 Å². The van der Waals surface area contributed by atoms with E-state index in [9.17, 15) is 14.7 Å². The van der Waals surface area contributed by atoms with Gasteiger partial charge in [0.15, 0.2) is 0 Å². The first-order valence-electron chi connectivity index (χ1n) is 10.9. The van der Waals surface area contributed by atoms with Crippen molar-refractivity contribution < 1.29 is 28.6 Å². The molecule has 3 aromatic rings.